The van der Waals surface area contributed by atoms with E-state index in [1.165, 1.54) is 38.0 Å². The maximum Gasteiger partial charge on any atom is 0.224 e. The lowest BCUT2D eigenvalue weighted by molar-refractivity contribution is -0.116. The largest absolute Gasteiger partial charge is 0.369 e. The van der Waals surface area contributed by atoms with Gasteiger partial charge in [0.05, 0.1) is 0 Å². The molecule has 3 rings (SSSR count). The summed E-state index contributed by atoms with van der Waals surface area (Å²) in [5.74, 6) is 0.103. The number of carbonyl (C=O) groups excluding carboxylic acids is 1. The number of nitrogens with zero attached hydrogens (tertiary/aromatic N) is 2. The number of amides is 1. The van der Waals surface area contributed by atoms with Crippen molar-refractivity contribution in [3.63, 3.8) is 0 Å². The second-order valence-corrected chi connectivity index (χ2v) is 6.48. The normalized spacial score (nSPS) is 22.2. The number of rotatable bonds is 4. The van der Waals surface area contributed by atoms with Gasteiger partial charge in [-0.2, -0.15) is 0 Å². The van der Waals surface area contributed by atoms with E-state index in [9.17, 15) is 4.79 Å². The van der Waals surface area contributed by atoms with Crippen LogP contribution < -0.4 is 10.2 Å². The Kier molecular flexibility index (Phi) is 4.98. The van der Waals surface area contributed by atoms with Gasteiger partial charge in [-0.15, -0.1) is 0 Å². The van der Waals surface area contributed by atoms with Crippen molar-refractivity contribution in [1.29, 1.82) is 0 Å². The van der Waals surface area contributed by atoms with Crippen molar-refractivity contribution in [3.05, 3.63) is 24.3 Å². The topological polar surface area (TPSA) is 35.6 Å². The molecule has 0 saturated carbocycles. The van der Waals surface area contributed by atoms with E-state index in [-0.39, 0.29) is 5.91 Å². The van der Waals surface area contributed by atoms with Gasteiger partial charge in [-0.1, -0.05) is 13.3 Å². The minimum absolute atomic E-state index is 0.103. The highest BCUT2D eigenvalue weighted by molar-refractivity contribution is 5.90. The van der Waals surface area contributed by atoms with E-state index in [2.05, 4.69) is 27.2 Å². The van der Waals surface area contributed by atoms with Gasteiger partial charge in [0.1, 0.15) is 0 Å². The number of piperidine rings is 1. The quantitative estimate of drug-likeness (QED) is 0.928. The van der Waals surface area contributed by atoms with Crippen LogP contribution in [0.4, 0.5) is 11.4 Å². The van der Waals surface area contributed by atoms with Crippen molar-refractivity contribution >= 4 is 17.3 Å². The number of hydrogen-bond donors (Lipinski definition) is 1. The zero-order valence-electron chi connectivity index (χ0n) is 13.6. The molecule has 22 heavy (non-hydrogen) atoms. The molecule has 2 fully saturated rings. The molecule has 0 bridgehead atoms. The Morgan fingerprint density at radius 1 is 1.18 bits per heavy atom. The van der Waals surface area contributed by atoms with E-state index in [4.69, 9.17) is 0 Å². The Balaban J connectivity index is 1.59. The third kappa shape index (κ3) is 3.61. The second-order valence-electron chi connectivity index (χ2n) is 6.48. The molecule has 2 aliphatic heterocycles. The molecule has 0 aromatic heterocycles. The van der Waals surface area contributed by atoms with Gasteiger partial charge >= 0.3 is 0 Å². The number of piperazine rings is 1. The molecule has 4 heteroatoms. The Morgan fingerprint density at radius 2 is 2.00 bits per heavy atom. The Bertz CT molecular complexity index is 500. The van der Waals surface area contributed by atoms with Crippen molar-refractivity contribution in [1.82, 2.24) is 4.90 Å². The van der Waals surface area contributed by atoms with E-state index >= 15 is 0 Å². The summed E-state index contributed by atoms with van der Waals surface area (Å²) in [4.78, 5) is 16.8. The minimum atomic E-state index is 0.103. The van der Waals surface area contributed by atoms with Gasteiger partial charge in [0.2, 0.25) is 5.91 Å². The molecule has 0 spiro atoms. The van der Waals surface area contributed by atoms with Crippen LogP contribution in [0.2, 0.25) is 0 Å². The summed E-state index contributed by atoms with van der Waals surface area (Å²) in [6.07, 6.45) is 5.54. The van der Waals surface area contributed by atoms with Gasteiger partial charge < -0.3 is 10.2 Å². The predicted octanol–water partition coefficient (Wildman–Crippen LogP) is 3.10. The van der Waals surface area contributed by atoms with Gasteiger partial charge in [0.15, 0.2) is 0 Å². The fourth-order valence-electron chi connectivity index (χ4n) is 3.60. The molecule has 1 N–H and O–H groups in total. The fraction of sp³-hybridized carbons (Fsp3) is 0.611. The number of carbonyl (C=O) groups is 1. The lowest BCUT2D eigenvalue weighted by atomic mass is 9.99. The van der Waals surface area contributed by atoms with Gasteiger partial charge in [0.25, 0.3) is 0 Å². The summed E-state index contributed by atoms with van der Waals surface area (Å²) in [5.41, 5.74) is 2.18. The molecule has 0 aliphatic carbocycles. The molecule has 1 amide bonds. The first-order chi connectivity index (χ1) is 10.8. The average Bonchev–Trinajstić information content (AvgIpc) is 2.55. The number of hydrogen-bond acceptors (Lipinski definition) is 3. The van der Waals surface area contributed by atoms with Crippen molar-refractivity contribution in [2.45, 2.75) is 45.1 Å². The molecule has 1 aromatic rings. The van der Waals surface area contributed by atoms with Gasteiger partial charge in [0, 0.05) is 43.5 Å². The van der Waals surface area contributed by atoms with E-state index in [1.54, 1.807) is 0 Å². The summed E-state index contributed by atoms with van der Waals surface area (Å²) < 4.78 is 0. The lowest BCUT2D eigenvalue weighted by Gasteiger charge is -2.45. The highest BCUT2D eigenvalue weighted by Gasteiger charge is 2.28. The summed E-state index contributed by atoms with van der Waals surface area (Å²) in [5, 5.41) is 2.95. The minimum Gasteiger partial charge on any atom is -0.369 e. The van der Waals surface area contributed by atoms with Crippen molar-refractivity contribution in [2.75, 3.05) is 36.4 Å². The molecule has 2 heterocycles. The van der Waals surface area contributed by atoms with E-state index in [1.807, 2.05) is 19.1 Å². The van der Waals surface area contributed by atoms with E-state index in [0.717, 1.165) is 31.2 Å². The van der Waals surface area contributed by atoms with Crippen LogP contribution in [0.15, 0.2) is 24.3 Å². The van der Waals surface area contributed by atoms with Crippen molar-refractivity contribution < 1.29 is 4.79 Å². The van der Waals surface area contributed by atoms with Gasteiger partial charge in [-0.25, -0.2) is 0 Å². The first kappa shape index (κ1) is 15.3. The van der Waals surface area contributed by atoms with Crippen LogP contribution in [0.1, 0.15) is 39.0 Å². The summed E-state index contributed by atoms with van der Waals surface area (Å²) in [6.45, 7) is 6.73. The smallest absolute Gasteiger partial charge is 0.224 e. The maximum atomic E-state index is 11.6. The molecule has 2 saturated heterocycles. The standard InChI is InChI=1S/C18H27N3O/c1-2-5-18(22)19-15-7-9-16(10-8-15)21-13-12-20-11-4-3-6-17(20)14-21/h7-10,17H,2-6,11-14H2,1H3,(H,19,22). The first-order valence-electron chi connectivity index (χ1n) is 8.65. The zero-order valence-corrected chi connectivity index (χ0v) is 13.6. The Morgan fingerprint density at radius 3 is 2.77 bits per heavy atom. The van der Waals surface area contributed by atoms with Crippen LogP contribution >= 0.6 is 0 Å². The van der Waals surface area contributed by atoms with Crippen molar-refractivity contribution in [3.8, 4) is 0 Å². The number of nitrogens with one attached hydrogen (secondary N) is 1. The van der Waals surface area contributed by atoms with Crippen LogP contribution in [-0.4, -0.2) is 43.0 Å². The van der Waals surface area contributed by atoms with Crippen LogP contribution in [0, 0.1) is 0 Å². The lowest BCUT2D eigenvalue weighted by Crippen LogP contribution is -2.54. The molecular formula is C18H27N3O. The SMILES string of the molecule is CCCC(=O)Nc1ccc(N2CCN3CCCCC3C2)cc1. The highest BCUT2D eigenvalue weighted by atomic mass is 16.1. The molecular weight excluding hydrogens is 274 g/mol. The van der Waals surface area contributed by atoms with E-state index < -0.39 is 0 Å². The van der Waals surface area contributed by atoms with Crippen LogP contribution in [0.3, 0.4) is 0 Å². The van der Waals surface area contributed by atoms with E-state index in [0.29, 0.717) is 6.42 Å². The van der Waals surface area contributed by atoms with Gasteiger partial charge in [-0.3, -0.25) is 9.69 Å². The third-order valence-corrected chi connectivity index (χ3v) is 4.83. The van der Waals surface area contributed by atoms with Crippen molar-refractivity contribution in [2.24, 2.45) is 0 Å². The molecule has 4 nitrogen and oxygen atoms in total. The fourth-order valence-corrected chi connectivity index (χ4v) is 3.60. The molecule has 1 unspecified atom stereocenters. The summed E-state index contributed by atoms with van der Waals surface area (Å²) >= 11 is 0. The summed E-state index contributed by atoms with van der Waals surface area (Å²) in [7, 11) is 0. The van der Waals surface area contributed by atoms with Crippen LogP contribution in [0.25, 0.3) is 0 Å². The summed E-state index contributed by atoms with van der Waals surface area (Å²) in [6, 6.07) is 9.05. The molecule has 1 atom stereocenters. The monoisotopic (exact) mass is 301 g/mol. The molecule has 2 aliphatic rings. The Labute approximate surface area is 133 Å². The second kappa shape index (κ2) is 7.14. The van der Waals surface area contributed by atoms with Crippen LogP contribution in [0.5, 0.6) is 0 Å². The highest BCUT2D eigenvalue weighted by Crippen LogP contribution is 2.25. The average molecular weight is 301 g/mol. The Hall–Kier alpha value is -1.55. The number of anilines is 2. The molecule has 1 aromatic carbocycles. The third-order valence-electron chi connectivity index (χ3n) is 4.83. The van der Waals surface area contributed by atoms with Gasteiger partial charge in [-0.05, 0) is 50.1 Å². The number of benzene rings is 1. The maximum absolute atomic E-state index is 11.6. The molecule has 120 valence electrons. The van der Waals surface area contributed by atoms with Crippen LogP contribution in [-0.2, 0) is 4.79 Å². The number of fused-ring (bicyclic) bond motifs is 1. The predicted molar refractivity (Wildman–Crippen MR) is 91.4 cm³/mol. The first-order valence-corrected chi connectivity index (χ1v) is 8.65. The molecule has 0 radical (unpaired) electrons. The zero-order chi connectivity index (χ0) is 15.4.